The third-order valence-corrected chi connectivity index (χ3v) is 6.19. The molecule has 1 amide bonds. The molecule has 0 bridgehead atoms. The molecule has 0 unspecified atom stereocenters. The summed E-state index contributed by atoms with van der Waals surface area (Å²) in [6.45, 7) is 5.87. The number of carbonyl (C=O) groups is 1. The quantitative estimate of drug-likeness (QED) is 0.443. The van der Waals surface area contributed by atoms with Gasteiger partial charge in [-0.1, -0.05) is 23.7 Å². The number of carbonyl (C=O) groups excluding carboxylic acids is 1. The number of rotatable bonds is 8. The van der Waals surface area contributed by atoms with E-state index in [9.17, 15) is 4.79 Å². The van der Waals surface area contributed by atoms with E-state index in [4.69, 9.17) is 16.0 Å². The predicted octanol–water partition coefficient (Wildman–Crippen LogP) is 6.20. The largest absolute Gasteiger partial charge is 0.467 e. The van der Waals surface area contributed by atoms with Crippen LogP contribution >= 0.6 is 11.6 Å². The molecule has 1 saturated heterocycles. The van der Waals surface area contributed by atoms with Crippen molar-refractivity contribution in [3.05, 3.63) is 82.8 Å². The highest BCUT2D eigenvalue weighted by Gasteiger charge is 2.22. The van der Waals surface area contributed by atoms with Crippen LogP contribution in [0.4, 0.5) is 11.4 Å². The Kier molecular flexibility index (Phi) is 7.38. The molecule has 0 aliphatic carbocycles. The molecular formula is C26H30ClN3O2. The molecule has 0 spiro atoms. The minimum absolute atomic E-state index is 0.113. The van der Waals surface area contributed by atoms with Gasteiger partial charge in [0.05, 0.1) is 23.4 Å². The monoisotopic (exact) mass is 451 g/mol. The predicted molar refractivity (Wildman–Crippen MR) is 130 cm³/mol. The van der Waals surface area contributed by atoms with Crippen molar-refractivity contribution in [3.8, 4) is 0 Å². The van der Waals surface area contributed by atoms with Gasteiger partial charge in [0.2, 0.25) is 0 Å². The van der Waals surface area contributed by atoms with E-state index in [2.05, 4.69) is 35.3 Å². The first-order valence-electron chi connectivity index (χ1n) is 11.3. The van der Waals surface area contributed by atoms with Gasteiger partial charge in [0.15, 0.2) is 0 Å². The summed E-state index contributed by atoms with van der Waals surface area (Å²) < 4.78 is 5.56. The Labute approximate surface area is 195 Å². The number of furan rings is 1. The van der Waals surface area contributed by atoms with E-state index in [1.807, 2.05) is 24.3 Å². The molecule has 2 heterocycles. The van der Waals surface area contributed by atoms with Crippen LogP contribution in [0.2, 0.25) is 5.02 Å². The Morgan fingerprint density at radius 3 is 2.59 bits per heavy atom. The average molecular weight is 452 g/mol. The van der Waals surface area contributed by atoms with E-state index < -0.39 is 0 Å². The summed E-state index contributed by atoms with van der Waals surface area (Å²) in [5.74, 6) is 0.625. The van der Waals surface area contributed by atoms with Crippen molar-refractivity contribution in [1.82, 2.24) is 4.90 Å². The van der Waals surface area contributed by atoms with Crippen LogP contribution in [0.25, 0.3) is 0 Å². The van der Waals surface area contributed by atoms with Gasteiger partial charge in [-0.3, -0.25) is 4.79 Å². The maximum atomic E-state index is 13.5. The molecule has 1 aliphatic heterocycles. The number of hydrogen-bond acceptors (Lipinski definition) is 4. The highest BCUT2D eigenvalue weighted by molar-refractivity contribution is 6.33. The maximum Gasteiger partial charge on any atom is 0.256 e. The lowest BCUT2D eigenvalue weighted by atomic mass is 10.1. The average Bonchev–Trinajstić information content (AvgIpc) is 3.33. The van der Waals surface area contributed by atoms with Crippen molar-refractivity contribution in [2.45, 2.75) is 39.3 Å². The summed E-state index contributed by atoms with van der Waals surface area (Å²) in [4.78, 5) is 17.8. The first-order valence-corrected chi connectivity index (χ1v) is 11.7. The number of anilines is 2. The van der Waals surface area contributed by atoms with Crippen LogP contribution in [0.1, 0.15) is 47.9 Å². The molecule has 1 aliphatic rings. The molecule has 0 radical (unpaired) electrons. The molecule has 6 heteroatoms. The van der Waals surface area contributed by atoms with Gasteiger partial charge < -0.3 is 19.5 Å². The van der Waals surface area contributed by atoms with Crippen molar-refractivity contribution in [3.63, 3.8) is 0 Å². The molecule has 2 aromatic carbocycles. The lowest BCUT2D eigenvalue weighted by molar-refractivity contribution is 0.0718. The van der Waals surface area contributed by atoms with Crippen molar-refractivity contribution >= 4 is 28.9 Å². The second-order valence-electron chi connectivity index (χ2n) is 8.14. The zero-order valence-corrected chi connectivity index (χ0v) is 19.3. The van der Waals surface area contributed by atoms with Crippen LogP contribution in [0.3, 0.4) is 0 Å². The van der Waals surface area contributed by atoms with Crippen LogP contribution in [-0.2, 0) is 13.1 Å². The summed E-state index contributed by atoms with van der Waals surface area (Å²) in [6, 6.07) is 17.5. The molecule has 0 saturated carbocycles. The molecule has 5 nitrogen and oxygen atoms in total. The Bertz CT molecular complexity index is 1030. The second kappa shape index (κ2) is 10.6. The minimum Gasteiger partial charge on any atom is -0.467 e. The highest BCUT2D eigenvalue weighted by Crippen LogP contribution is 2.28. The number of nitrogens with one attached hydrogen (secondary N) is 1. The van der Waals surface area contributed by atoms with Crippen LogP contribution in [-0.4, -0.2) is 30.4 Å². The number of piperidine rings is 1. The van der Waals surface area contributed by atoms with Crippen molar-refractivity contribution < 1.29 is 9.21 Å². The van der Waals surface area contributed by atoms with Crippen molar-refractivity contribution in [2.75, 3.05) is 29.9 Å². The summed E-state index contributed by atoms with van der Waals surface area (Å²) >= 11 is 6.37. The molecule has 3 aromatic rings. The lowest BCUT2D eigenvalue weighted by Gasteiger charge is -2.30. The van der Waals surface area contributed by atoms with Crippen LogP contribution < -0.4 is 10.2 Å². The summed E-state index contributed by atoms with van der Waals surface area (Å²) in [6.07, 6.45) is 5.37. The van der Waals surface area contributed by atoms with E-state index in [1.54, 1.807) is 23.3 Å². The van der Waals surface area contributed by atoms with Gasteiger partial charge in [0, 0.05) is 37.6 Å². The molecule has 1 aromatic heterocycles. The molecule has 168 valence electrons. The fourth-order valence-electron chi connectivity index (χ4n) is 4.22. The third-order valence-electron chi connectivity index (χ3n) is 5.86. The topological polar surface area (TPSA) is 48.7 Å². The normalized spacial score (nSPS) is 13.8. The number of halogens is 1. The van der Waals surface area contributed by atoms with Gasteiger partial charge in [-0.25, -0.2) is 0 Å². The molecule has 0 atom stereocenters. The maximum absolute atomic E-state index is 13.5. The second-order valence-corrected chi connectivity index (χ2v) is 8.55. The third kappa shape index (κ3) is 5.28. The van der Waals surface area contributed by atoms with E-state index in [0.717, 1.165) is 36.6 Å². The standard InChI is InChI=1S/C26H30ClN3O2/c1-2-28-25-13-12-21(29-14-6-3-7-15-29)17-20(25)18-30(19-22-9-8-16-32-22)26(31)23-10-4-5-11-24(23)27/h4-5,8-13,16-17,28H,2-3,6-7,14-15,18-19H2,1H3. The van der Waals surface area contributed by atoms with E-state index in [-0.39, 0.29) is 5.91 Å². The molecular weight excluding hydrogens is 422 g/mol. The fraction of sp³-hybridized carbons (Fsp3) is 0.346. The highest BCUT2D eigenvalue weighted by atomic mass is 35.5. The van der Waals surface area contributed by atoms with Gasteiger partial charge in [-0.2, -0.15) is 0 Å². The van der Waals surface area contributed by atoms with E-state index in [0.29, 0.717) is 23.7 Å². The zero-order valence-electron chi connectivity index (χ0n) is 18.5. The number of nitrogens with zero attached hydrogens (tertiary/aromatic N) is 2. The SMILES string of the molecule is CCNc1ccc(N2CCCCC2)cc1CN(Cc1ccco1)C(=O)c1ccccc1Cl. The van der Waals surface area contributed by atoms with Gasteiger partial charge in [-0.15, -0.1) is 0 Å². The first kappa shape index (κ1) is 22.3. The Hall–Kier alpha value is -2.92. The van der Waals surface area contributed by atoms with Gasteiger partial charge in [-0.05, 0) is 74.2 Å². The molecule has 4 rings (SSSR count). The Morgan fingerprint density at radius 2 is 1.88 bits per heavy atom. The van der Waals surface area contributed by atoms with E-state index >= 15 is 0 Å². The fourth-order valence-corrected chi connectivity index (χ4v) is 4.44. The summed E-state index contributed by atoms with van der Waals surface area (Å²) in [5, 5.41) is 3.91. The minimum atomic E-state index is -0.113. The Balaban J connectivity index is 1.66. The van der Waals surface area contributed by atoms with Crippen molar-refractivity contribution in [1.29, 1.82) is 0 Å². The summed E-state index contributed by atoms with van der Waals surface area (Å²) in [7, 11) is 0. The molecule has 32 heavy (non-hydrogen) atoms. The molecule has 1 N–H and O–H groups in total. The summed E-state index contributed by atoms with van der Waals surface area (Å²) in [5.41, 5.74) is 3.84. The molecule has 1 fully saturated rings. The van der Waals surface area contributed by atoms with Crippen LogP contribution in [0, 0.1) is 0 Å². The van der Waals surface area contributed by atoms with Gasteiger partial charge in [0.1, 0.15) is 5.76 Å². The first-order chi connectivity index (χ1) is 15.7. The van der Waals surface area contributed by atoms with Crippen LogP contribution in [0.15, 0.2) is 65.3 Å². The Morgan fingerprint density at radius 1 is 1.06 bits per heavy atom. The lowest BCUT2D eigenvalue weighted by Crippen LogP contribution is -2.31. The van der Waals surface area contributed by atoms with Crippen LogP contribution in [0.5, 0.6) is 0 Å². The van der Waals surface area contributed by atoms with E-state index in [1.165, 1.54) is 24.9 Å². The van der Waals surface area contributed by atoms with Crippen molar-refractivity contribution in [2.24, 2.45) is 0 Å². The zero-order chi connectivity index (χ0) is 22.3. The smallest absolute Gasteiger partial charge is 0.256 e. The van der Waals surface area contributed by atoms with Gasteiger partial charge in [0.25, 0.3) is 5.91 Å². The van der Waals surface area contributed by atoms with Gasteiger partial charge >= 0.3 is 0 Å². The number of hydrogen-bond donors (Lipinski definition) is 1. The number of benzene rings is 2. The number of amides is 1.